The third-order valence-electron chi connectivity index (χ3n) is 5.10. The molecule has 9 heteroatoms. The summed E-state index contributed by atoms with van der Waals surface area (Å²) in [5.74, 6) is 0.715. The molecule has 0 radical (unpaired) electrons. The molecule has 0 aliphatic rings. The van der Waals surface area contributed by atoms with Crippen LogP contribution in [0, 0.1) is 10.8 Å². The Bertz CT molecular complexity index is 1440. The van der Waals surface area contributed by atoms with E-state index in [1.54, 1.807) is 24.3 Å². The maximum absolute atomic E-state index is 13.3. The maximum Gasteiger partial charge on any atom is 0.200 e. The van der Waals surface area contributed by atoms with Crippen LogP contribution in [-0.2, 0) is 6.54 Å². The highest BCUT2D eigenvalue weighted by molar-refractivity contribution is 6.25. The van der Waals surface area contributed by atoms with Crippen molar-refractivity contribution in [2.24, 2.45) is 5.73 Å². The molecule has 0 saturated heterocycles. The van der Waals surface area contributed by atoms with Crippen molar-refractivity contribution in [3.05, 3.63) is 94.2 Å². The zero-order valence-electron chi connectivity index (χ0n) is 17.5. The van der Waals surface area contributed by atoms with Gasteiger partial charge in [0.15, 0.2) is 0 Å². The molecule has 0 aliphatic carbocycles. The first-order chi connectivity index (χ1) is 16.0. The lowest BCUT2D eigenvalue weighted by molar-refractivity contribution is 0.548. The second-order valence-electron chi connectivity index (χ2n) is 7.07. The minimum atomic E-state index is -0.146. The van der Waals surface area contributed by atoms with Gasteiger partial charge in [0.1, 0.15) is 29.3 Å². The third kappa shape index (κ3) is 4.07. The van der Waals surface area contributed by atoms with Crippen molar-refractivity contribution in [2.75, 3.05) is 11.1 Å². The van der Waals surface area contributed by atoms with Crippen molar-refractivity contribution in [3.63, 3.8) is 0 Å². The summed E-state index contributed by atoms with van der Waals surface area (Å²) in [6.45, 7) is 0.0906. The van der Waals surface area contributed by atoms with Crippen molar-refractivity contribution in [3.8, 4) is 11.1 Å². The van der Waals surface area contributed by atoms with Gasteiger partial charge in [-0.1, -0.05) is 42.5 Å². The highest BCUT2D eigenvalue weighted by Crippen LogP contribution is 2.27. The number of nitrogens with two attached hydrogens (primary N) is 2. The van der Waals surface area contributed by atoms with Crippen molar-refractivity contribution < 1.29 is 4.42 Å². The van der Waals surface area contributed by atoms with Crippen LogP contribution in [0.15, 0.2) is 81.9 Å². The standard InChI is InChI=1S/C24H21N7O2/c25-10-15(11-26)21(27)20-23(28)30-13-31-24(20)29-12-18-19(14-6-2-1-3-7-14)22(32)16-8-4-5-9-17(16)33-18/h1-11,13,25,27H,12,26H2,(H3,28,29,30,31). The molecule has 0 amide bonds. The number of hydrogen-bond donors (Lipinski definition) is 5. The Morgan fingerprint density at radius 1 is 1.09 bits per heavy atom. The molecule has 33 heavy (non-hydrogen) atoms. The average molecular weight is 439 g/mol. The van der Waals surface area contributed by atoms with Crippen molar-refractivity contribution in [2.45, 2.75) is 6.54 Å². The Labute approximate surface area is 188 Å². The van der Waals surface area contributed by atoms with E-state index in [2.05, 4.69) is 15.3 Å². The molecule has 0 atom stereocenters. The van der Waals surface area contributed by atoms with Gasteiger partial charge in [-0.05, 0) is 17.7 Å². The minimum absolute atomic E-state index is 0.0574. The predicted octanol–water partition coefficient (Wildman–Crippen LogP) is 3.30. The van der Waals surface area contributed by atoms with Crippen LogP contribution in [0.4, 0.5) is 11.6 Å². The molecule has 0 spiro atoms. The summed E-state index contributed by atoms with van der Waals surface area (Å²) >= 11 is 0. The maximum atomic E-state index is 13.3. The summed E-state index contributed by atoms with van der Waals surface area (Å²) in [5.41, 5.74) is 13.3. The summed E-state index contributed by atoms with van der Waals surface area (Å²) < 4.78 is 6.11. The smallest absolute Gasteiger partial charge is 0.200 e. The van der Waals surface area contributed by atoms with Crippen molar-refractivity contribution >= 4 is 34.5 Å². The molecule has 164 valence electrons. The number of rotatable bonds is 7. The number of allylic oxidation sites excluding steroid dienone is 1. The molecular formula is C24H21N7O2. The molecule has 2 aromatic heterocycles. The Balaban J connectivity index is 1.81. The fraction of sp³-hybridized carbons (Fsp3) is 0.0417. The zero-order valence-corrected chi connectivity index (χ0v) is 17.5. The van der Waals surface area contributed by atoms with Gasteiger partial charge in [0, 0.05) is 18.0 Å². The molecule has 0 fully saturated rings. The Morgan fingerprint density at radius 2 is 1.82 bits per heavy atom. The van der Waals surface area contributed by atoms with Crippen LogP contribution in [0.25, 0.3) is 22.1 Å². The number of anilines is 2. The van der Waals surface area contributed by atoms with E-state index in [4.69, 9.17) is 26.7 Å². The number of aromatic nitrogens is 2. The zero-order chi connectivity index (χ0) is 23.4. The summed E-state index contributed by atoms with van der Waals surface area (Å²) in [4.78, 5) is 21.5. The monoisotopic (exact) mass is 439 g/mol. The van der Waals surface area contributed by atoms with Crippen LogP contribution < -0.4 is 22.2 Å². The van der Waals surface area contributed by atoms with Gasteiger partial charge in [0.2, 0.25) is 5.43 Å². The molecule has 7 N–H and O–H groups in total. The molecular weight excluding hydrogens is 418 g/mol. The van der Waals surface area contributed by atoms with Gasteiger partial charge in [-0.15, -0.1) is 0 Å². The molecule has 4 aromatic rings. The van der Waals surface area contributed by atoms with Crippen LogP contribution >= 0.6 is 0 Å². The lowest BCUT2D eigenvalue weighted by atomic mass is 10.0. The summed E-state index contributed by atoms with van der Waals surface area (Å²) in [6, 6.07) is 16.3. The quantitative estimate of drug-likeness (QED) is 0.275. The fourth-order valence-electron chi connectivity index (χ4n) is 3.50. The van der Waals surface area contributed by atoms with Crippen LogP contribution in [0.3, 0.4) is 0 Å². The first kappa shape index (κ1) is 21.4. The summed E-state index contributed by atoms with van der Waals surface area (Å²) in [6.07, 6.45) is 3.36. The van der Waals surface area contributed by atoms with E-state index in [0.717, 1.165) is 18.0 Å². The average Bonchev–Trinajstić information content (AvgIpc) is 2.84. The van der Waals surface area contributed by atoms with Gasteiger partial charge in [-0.2, -0.15) is 0 Å². The molecule has 0 saturated carbocycles. The van der Waals surface area contributed by atoms with E-state index in [9.17, 15) is 4.79 Å². The van der Waals surface area contributed by atoms with E-state index in [0.29, 0.717) is 22.3 Å². The molecule has 0 bridgehead atoms. The molecule has 2 heterocycles. The topological polar surface area (TPSA) is 168 Å². The van der Waals surface area contributed by atoms with E-state index < -0.39 is 0 Å². The minimum Gasteiger partial charge on any atom is -0.458 e. The van der Waals surface area contributed by atoms with E-state index in [-0.39, 0.29) is 40.5 Å². The fourth-order valence-corrected chi connectivity index (χ4v) is 3.50. The number of para-hydroxylation sites is 1. The SMILES string of the molecule is N=CC(=CN)C(=N)c1c(N)ncnc1NCc1oc2ccccc2c(=O)c1-c1ccccc1. The number of nitrogen functional groups attached to an aromatic ring is 1. The number of nitrogens with one attached hydrogen (secondary N) is 3. The van der Waals surface area contributed by atoms with Gasteiger partial charge in [-0.25, -0.2) is 9.97 Å². The van der Waals surface area contributed by atoms with E-state index in [1.165, 1.54) is 6.33 Å². The Kier molecular flexibility index (Phi) is 5.94. The number of fused-ring (bicyclic) bond motifs is 1. The highest BCUT2D eigenvalue weighted by atomic mass is 16.3. The predicted molar refractivity (Wildman–Crippen MR) is 130 cm³/mol. The normalized spacial score (nSPS) is 11.3. The summed E-state index contributed by atoms with van der Waals surface area (Å²) in [7, 11) is 0. The van der Waals surface area contributed by atoms with Gasteiger partial charge in [0.25, 0.3) is 0 Å². The first-order valence-corrected chi connectivity index (χ1v) is 10.0. The van der Waals surface area contributed by atoms with Gasteiger partial charge >= 0.3 is 0 Å². The molecule has 0 unspecified atom stereocenters. The molecule has 0 aliphatic heterocycles. The second-order valence-corrected chi connectivity index (χ2v) is 7.07. The second kappa shape index (κ2) is 9.15. The first-order valence-electron chi connectivity index (χ1n) is 10.0. The van der Waals surface area contributed by atoms with Crippen molar-refractivity contribution in [1.82, 2.24) is 9.97 Å². The number of benzene rings is 2. The lowest BCUT2D eigenvalue weighted by Crippen LogP contribution is -2.17. The van der Waals surface area contributed by atoms with Crippen molar-refractivity contribution in [1.29, 1.82) is 10.8 Å². The van der Waals surface area contributed by atoms with Gasteiger partial charge in [0.05, 0.1) is 28.8 Å². The molecule has 9 nitrogen and oxygen atoms in total. The number of nitrogens with zero attached hydrogens (tertiary/aromatic N) is 2. The van der Waals surface area contributed by atoms with E-state index in [1.807, 2.05) is 30.3 Å². The van der Waals surface area contributed by atoms with Gasteiger partial charge in [-0.3, -0.25) is 10.2 Å². The molecule has 2 aromatic carbocycles. The Hall–Kier alpha value is -4.79. The van der Waals surface area contributed by atoms with Crippen LogP contribution in [-0.4, -0.2) is 21.9 Å². The third-order valence-corrected chi connectivity index (χ3v) is 5.10. The van der Waals surface area contributed by atoms with Crippen LogP contribution in [0.5, 0.6) is 0 Å². The number of hydrogen-bond acceptors (Lipinski definition) is 9. The largest absolute Gasteiger partial charge is 0.458 e. The highest BCUT2D eigenvalue weighted by Gasteiger charge is 2.20. The van der Waals surface area contributed by atoms with Crippen LogP contribution in [0.2, 0.25) is 0 Å². The lowest BCUT2D eigenvalue weighted by Gasteiger charge is -2.15. The summed E-state index contributed by atoms with van der Waals surface area (Å²) in [5, 5.41) is 19.5. The molecule has 4 rings (SSSR count). The van der Waals surface area contributed by atoms with E-state index >= 15 is 0 Å². The van der Waals surface area contributed by atoms with Crippen LogP contribution in [0.1, 0.15) is 11.3 Å². The van der Waals surface area contributed by atoms with Gasteiger partial charge < -0.3 is 26.6 Å². The Morgan fingerprint density at radius 3 is 2.55 bits per heavy atom.